The summed E-state index contributed by atoms with van der Waals surface area (Å²) < 4.78 is 0.935. The molecule has 1 atom stereocenters. The van der Waals surface area contributed by atoms with Crippen molar-refractivity contribution in [2.75, 3.05) is 12.3 Å². The molecule has 0 aliphatic carbocycles. The first-order chi connectivity index (χ1) is 14.3. The maximum atomic E-state index is 13.0. The first kappa shape index (κ1) is 25.1. The van der Waals surface area contributed by atoms with Gasteiger partial charge in [0, 0.05) is 23.3 Å². The molecule has 2 amide bonds. The van der Waals surface area contributed by atoms with E-state index in [0.29, 0.717) is 28.9 Å². The fourth-order valence-corrected chi connectivity index (χ4v) is 4.40. The molecule has 0 bridgehead atoms. The summed E-state index contributed by atoms with van der Waals surface area (Å²) in [6.07, 6.45) is 0.845. The van der Waals surface area contributed by atoms with E-state index in [1.165, 1.54) is 11.8 Å². The largest absolute Gasteiger partial charge is 0.354 e. The van der Waals surface area contributed by atoms with Crippen LogP contribution in [0.15, 0.2) is 46.9 Å². The Morgan fingerprint density at radius 2 is 1.90 bits per heavy atom. The van der Waals surface area contributed by atoms with Gasteiger partial charge in [-0.25, -0.2) is 0 Å². The fourth-order valence-electron chi connectivity index (χ4n) is 2.78. The monoisotopic (exact) mass is 530 g/mol. The Labute approximate surface area is 200 Å². The number of rotatable bonds is 10. The highest BCUT2D eigenvalue weighted by Crippen LogP contribution is 2.25. The van der Waals surface area contributed by atoms with Crippen molar-refractivity contribution < 1.29 is 9.59 Å². The van der Waals surface area contributed by atoms with Crippen LogP contribution in [0.25, 0.3) is 0 Å². The molecule has 2 aromatic carbocycles. The second-order valence-electron chi connectivity index (χ2n) is 6.86. The van der Waals surface area contributed by atoms with E-state index in [9.17, 15) is 9.59 Å². The fraction of sp³-hybridized carbons (Fsp3) is 0.364. The number of carbonyl (C=O) groups excluding carboxylic acids is 2. The second-order valence-corrected chi connectivity index (χ2v) is 9.58. The number of nitrogens with zero attached hydrogens (tertiary/aromatic N) is 1. The standard InChI is InChI=1S/C22H25BrCl2N2O2S/c1-3-9-26-22(29)15(2)27(12-16-5-4-6-18(23)10-16)21(28)14-30-13-17-7-8-19(24)20(25)11-17/h4-8,10-11,15H,3,9,12-14H2,1-2H3,(H,26,29). The molecule has 2 aromatic rings. The lowest BCUT2D eigenvalue weighted by Crippen LogP contribution is -2.48. The van der Waals surface area contributed by atoms with E-state index in [0.717, 1.165) is 22.0 Å². The van der Waals surface area contributed by atoms with E-state index in [1.54, 1.807) is 24.0 Å². The molecule has 4 nitrogen and oxygen atoms in total. The Kier molecular flexibility index (Phi) is 10.5. The molecule has 2 rings (SSSR count). The van der Waals surface area contributed by atoms with Crippen molar-refractivity contribution >= 4 is 62.7 Å². The average molecular weight is 532 g/mol. The molecule has 1 N–H and O–H groups in total. The van der Waals surface area contributed by atoms with E-state index in [2.05, 4.69) is 21.2 Å². The quantitative estimate of drug-likeness (QED) is 0.413. The molecule has 0 saturated heterocycles. The van der Waals surface area contributed by atoms with Gasteiger partial charge < -0.3 is 10.2 Å². The summed E-state index contributed by atoms with van der Waals surface area (Å²) in [5.74, 6) is 0.664. The van der Waals surface area contributed by atoms with Gasteiger partial charge in [0.1, 0.15) is 6.04 Å². The van der Waals surface area contributed by atoms with Crippen molar-refractivity contribution in [3.63, 3.8) is 0 Å². The predicted molar refractivity (Wildman–Crippen MR) is 130 cm³/mol. The highest BCUT2D eigenvalue weighted by atomic mass is 79.9. The topological polar surface area (TPSA) is 49.4 Å². The number of carbonyl (C=O) groups is 2. The number of thioether (sulfide) groups is 1. The number of benzene rings is 2. The molecule has 0 aromatic heterocycles. The van der Waals surface area contributed by atoms with Crippen LogP contribution >= 0.6 is 50.9 Å². The van der Waals surface area contributed by atoms with Gasteiger partial charge in [-0.2, -0.15) is 0 Å². The molecule has 0 saturated carbocycles. The lowest BCUT2D eigenvalue weighted by Gasteiger charge is -2.29. The Bertz CT molecular complexity index is 882. The summed E-state index contributed by atoms with van der Waals surface area (Å²) in [5, 5.41) is 3.89. The SMILES string of the molecule is CCCNC(=O)C(C)N(Cc1cccc(Br)c1)C(=O)CSCc1ccc(Cl)c(Cl)c1. The molecule has 8 heteroatoms. The Morgan fingerprint density at radius 3 is 2.57 bits per heavy atom. The van der Waals surface area contributed by atoms with Gasteiger partial charge in [0.25, 0.3) is 0 Å². The van der Waals surface area contributed by atoms with Crippen LogP contribution in [0.3, 0.4) is 0 Å². The molecule has 0 spiro atoms. The van der Waals surface area contributed by atoms with Crippen LogP contribution < -0.4 is 5.32 Å². The smallest absolute Gasteiger partial charge is 0.242 e. The summed E-state index contributed by atoms with van der Waals surface area (Å²) >= 11 is 17.0. The minimum Gasteiger partial charge on any atom is -0.354 e. The zero-order chi connectivity index (χ0) is 22.1. The van der Waals surface area contributed by atoms with Crippen molar-refractivity contribution in [3.05, 3.63) is 68.1 Å². The highest BCUT2D eigenvalue weighted by molar-refractivity contribution is 9.10. The Balaban J connectivity index is 2.06. The predicted octanol–water partition coefficient (Wildman–Crippen LogP) is 5.93. The first-order valence-corrected chi connectivity index (χ1v) is 12.4. The van der Waals surface area contributed by atoms with E-state index in [1.807, 2.05) is 37.3 Å². The van der Waals surface area contributed by atoms with Crippen molar-refractivity contribution in [1.29, 1.82) is 0 Å². The first-order valence-electron chi connectivity index (χ1n) is 9.65. The molecule has 0 aliphatic heterocycles. The molecular weight excluding hydrogens is 507 g/mol. The van der Waals surface area contributed by atoms with E-state index in [4.69, 9.17) is 23.2 Å². The zero-order valence-electron chi connectivity index (χ0n) is 17.0. The van der Waals surface area contributed by atoms with Gasteiger partial charge in [-0.3, -0.25) is 9.59 Å². The maximum absolute atomic E-state index is 13.0. The number of hydrogen-bond donors (Lipinski definition) is 1. The van der Waals surface area contributed by atoms with Crippen LogP contribution in [0.4, 0.5) is 0 Å². The highest BCUT2D eigenvalue weighted by Gasteiger charge is 2.25. The molecule has 30 heavy (non-hydrogen) atoms. The van der Waals surface area contributed by atoms with E-state index in [-0.39, 0.29) is 17.6 Å². The maximum Gasteiger partial charge on any atom is 0.242 e. The van der Waals surface area contributed by atoms with Crippen LogP contribution in [-0.4, -0.2) is 35.1 Å². The number of amides is 2. The van der Waals surface area contributed by atoms with Crippen LogP contribution in [0.2, 0.25) is 10.0 Å². The van der Waals surface area contributed by atoms with Gasteiger partial charge in [0.2, 0.25) is 11.8 Å². The third kappa shape index (κ3) is 7.80. The third-order valence-electron chi connectivity index (χ3n) is 4.44. The summed E-state index contributed by atoms with van der Waals surface area (Å²) in [6.45, 7) is 4.72. The van der Waals surface area contributed by atoms with Gasteiger partial charge in [-0.05, 0) is 48.7 Å². The molecule has 0 radical (unpaired) electrons. The molecular formula is C22H25BrCl2N2O2S. The lowest BCUT2D eigenvalue weighted by molar-refractivity contribution is -0.138. The minimum absolute atomic E-state index is 0.0841. The second kappa shape index (κ2) is 12.6. The van der Waals surface area contributed by atoms with Crippen molar-refractivity contribution in [2.24, 2.45) is 0 Å². The summed E-state index contributed by atoms with van der Waals surface area (Å²) in [4.78, 5) is 27.2. The van der Waals surface area contributed by atoms with Crippen molar-refractivity contribution in [1.82, 2.24) is 10.2 Å². The average Bonchev–Trinajstić information content (AvgIpc) is 2.72. The molecule has 1 unspecified atom stereocenters. The molecule has 0 fully saturated rings. The zero-order valence-corrected chi connectivity index (χ0v) is 20.9. The number of hydrogen-bond acceptors (Lipinski definition) is 3. The normalized spacial score (nSPS) is 11.8. The van der Waals surface area contributed by atoms with Crippen LogP contribution in [-0.2, 0) is 21.9 Å². The molecule has 0 aliphatic rings. The number of halogens is 3. The van der Waals surface area contributed by atoms with Gasteiger partial charge in [0.15, 0.2) is 0 Å². The number of nitrogens with one attached hydrogen (secondary N) is 1. The lowest BCUT2D eigenvalue weighted by atomic mass is 10.1. The summed E-state index contributed by atoms with van der Waals surface area (Å²) in [7, 11) is 0. The van der Waals surface area contributed by atoms with Crippen molar-refractivity contribution in [2.45, 2.75) is 38.6 Å². The van der Waals surface area contributed by atoms with Crippen molar-refractivity contribution in [3.8, 4) is 0 Å². The van der Waals surface area contributed by atoms with Crippen LogP contribution in [0.1, 0.15) is 31.4 Å². The van der Waals surface area contributed by atoms with Gasteiger partial charge >= 0.3 is 0 Å². The molecule has 162 valence electrons. The van der Waals surface area contributed by atoms with Gasteiger partial charge in [-0.1, -0.05) is 64.3 Å². The minimum atomic E-state index is -0.561. The van der Waals surface area contributed by atoms with Crippen LogP contribution in [0.5, 0.6) is 0 Å². The third-order valence-corrected chi connectivity index (χ3v) is 6.66. The Hall–Kier alpha value is -1.21. The Morgan fingerprint density at radius 1 is 1.13 bits per heavy atom. The summed E-state index contributed by atoms with van der Waals surface area (Å²) in [6, 6.07) is 12.6. The molecule has 0 heterocycles. The van der Waals surface area contributed by atoms with Crippen LogP contribution in [0, 0.1) is 0 Å². The van der Waals surface area contributed by atoms with E-state index >= 15 is 0 Å². The van der Waals surface area contributed by atoms with E-state index < -0.39 is 6.04 Å². The summed E-state index contributed by atoms with van der Waals surface area (Å²) in [5.41, 5.74) is 1.96. The van der Waals surface area contributed by atoms with Gasteiger partial charge in [-0.15, -0.1) is 11.8 Å². The van der Waals surface area contributed by atoms with Gasteiger partial charge in [0.05, 0.1) is 15.8 Å².